The van der Waals surface area contributed by atoms with Crippen molar-refractivity contribution in [3.8, 4) is 5.75 Å². The van der Waals surface area contributed by atoms with Crippen LogP contribution in [-0.2, 0) is 11.2 Å². The van der Waals surface area contributed by atoms with Crippen LogP contribution in [0.2, 0.25) is 5.02 Å². The van der Waals surface area contributed by atoms with E-state index in [9.17, 15) is 4.79 Å². The Morgan fingerprint density at radius 2 is 1.97 bits per heavy atom. The van der Waals surface area contributed by atoms with E-state index < -0.39 is 0 Å². The second-order valence-electron chi connectivity index (χ2n) is 7.75. The molecule has 152 valence electrons. The number of carbonyl (C=O) groups is 1. The van der Waals surface area contributed by atoms with Crippen molar-refractivity contribution in [2.75, 3.05) is 19.1 Å². The number of amides is 1. The summed E-state index contributed by atoms with van der Waals surface area (Å²) >= 11 is 6.48. The molecule has 0 bridgehead atoms. The highest BCUT2D eigenvalue weighted by atomic mass is 35.5. The summed E-state index contributed by atoms with van der Waals surface area (Å²) in [5.41, 5.74) is 7.52. The number of anilines is 1. The molecule has 0 atom stereocenters. The molecule has 5 nitrogen and oxygen atoms in total. The van der Waals surface area contributed by atoms with Crippen LogP contribution in [-0.4, -0.2) is 31.8 Å². The highest BCUT2D eigenvalue weighted by Crippen LogP contribution is 2.40. The fourth-order valence-electron chi connectivity index (χ4n) is 3.43. The number of methoxy groups -OCH3 is 1. The van der Waals surface area contributed by atoms with Gasteiger partial charge >= 0.3 is 0 Å². The lowest BCUT2D eigenvalue weighted by Crippen LogP contribution is -2.42. The Bertz CT molecular complexity index is 978. The topological polar surface area (TPSA) is 53.9 Å². The summed E-state index contributed by atoms with van der Waals surface area (Å²) in [5.74, 6) is 0.561. The Hall–Kier alpha value is -2.79. The maximum absolute atomic E-state index is 12.1. The number of fused-ring (bicyclic) bond motifs is 1. The molecule has 0 saturated heterocycles. The standard InChI is InChI=1S/C23H26ClN3O2/c1-15-13-23(2,3)27(4)21-12-20(24)17(11-19(15)21)14-25-26-22(28)10-16-6-8-18(29-5)9-7-16/h6-9,11-14H,10H2,1-5H3,(H,26,28)/b25-14-. The monoisotopic (exact) mass is 411 g/mol. The van der Waals surface area contributed by atoms with Gasteiger partial charge in [0.15, 0.2) is 0 Å². The maximum atomic E-state index is 12.1. The lowest BCUT2D eigenvalue weighted by molar-refractivity contribution is -0.120. The van der Waals surface area contributed by atoms with Crippen LogP contribution in [0.3, 0.4) is 0 Å². The number of ether oxygens (including phenoxy) is 1. The molecule has 0 unspecified atom stereocenters. The van der Waals surface area contributed by atoms with Crippen LogP contribution in [0.1, 0.15) is 37.5 Å². The van der Waals surface area contributed by atoms with Crippen LogP contribution in [0.5, 0.6) is 5.75 Å². The molecule has 0 spiro atoms. The zero-order valence-corrected chi connectivity index (χ0v) is 18.2. The molecule has 1 aliphatic rings. The number of benzene rings is 2. The van der Waals surface area contributed by atoms with Crippen molar-refractivity contribution in [1.82, 2.24) is 5.43 Å². The number of hydrazone groups is 1. The van der Waals surface area contributed by atoms with Crippen molar-refractivity contribution in [3.05, 3.63) is 64.2 Å². The molecule has 0 aromatic heterocycles. The second kappa shape index (κ2) is 8.29. The molecular formula is C23H26ClN3O2. The lowest BCUT2D eigenvalue weighted by Gasteiger charge is -2.40. The molecule has 29 heavy (non-hydrogen) atoms. The maximum Gasteiger partial charge on any atom is 0.244 e. The predicted molar refractivity (Wildman–Crippen MR) is 120 cm³/mol. The molecule has 1 amide bonds. The molecule has 0 fully saturated rings. The van der Waals surface area contributed by atoms with Gasteiger partial charge in [0.1, 0.15) is 5.75 Å². The largest absolute Gasteiger partial charge is 0.497 e. The van der Waals surface area contributed by atoms with E-state index in [0.29, 0.717) is 5.02 Å². The van der Waals surface area contributed by atoms with E-state index in [-0.39, 0.29) is 17.9 Å². The highest BCUT2D eigenvalue weighted by Gasteiger charge is 2.29. The number of nitrogens with one attached hydrogen (secondary N) is 1. The smallest absolute Gasteiger partial charge is 0.244 e. The van der Waals surface area contributed by atoms with E-state index in [2.05, 4.69) is 49.3 Å². The van der Waals surface area contributed by atoms with Crippen LogP contribution in [0.4, 0.5) is 5.69 Å². The summed E-state index contributed by atoms with van der Waals surface area (Å²) in [6.07, 6.45) is 4.06. The van der Waals surface area contributed by atoms with E-state index in [1.54, 1.807) is 13.3 Å². The van der Waals surface area contributed by atoms with Gasteiger partial charge in [-0.15, -0.1) is 0 Å². The van der Waals surface area contributed by atoms with Gasteiger partial charge in [-0.05, 0) is 56.2 Å². The Morgan fingerprint density at radius 3 is 2.62 bits per heavy atom. The van der Waals surface area contributed by atoms with Crippen LogP contribution in [0, 0.1) is 0 Å². The summed E-state index contributed by atoms with van der Waals surface area (Å²) in [4.78, 5) is 14.3. The molecule has 1 aliphatic heterocycles. The van der Waals surface area contributed by atoms with Crippen molar-refractivity contribution in [3.63, 3.8) is 0 Å². The van der Waals surface area contributed by atoms with Crippen molar-refractivity contribution in [2.24, 2.45) is 5.10 Å². The van der Waals surface area contributed by atoms with Gasteiger partial charge in [0.05, 0.1) is 30.3 Å². The fraction of sp³-hybridized carbons (Fsp3) is 0.304. The average Bonchev–Trinajstić information content (AvgIpc) is 2.67. The summed E-state index contributed by atoms with van der Waals surface area (Å²) in [6, 6.07) is 11.3. The molecule has 2 aromatic rings. The number of hydrogen-bond donors (Lipinski definition) is 1. The van der Waals surface area contributed by atoms with E-state index in [1.165, 1.54) is 5.57 Å². The zero-order valence-electron chi connectivity index (χ0n) is 17.4. The molecule has 1 N–H and O–H groups in total. The van der Waals surface area contributed by atoms with Gasteiger partial charge in [-0.25, -0.2) is 5.43 Å². The minimum atomic E-state index is -0.196. The Balaban J connectivity index is 1.71. The SMILES string of the molecule is COc1ccc(CC(=O)N/N=C\c2cc3c(cc2Cl)N(C)C(C)(C)C=C3C)cc1. The Kier molecular flexibility index (Phi) is 5.99. The first-order valence-electron chi connectivity index (χ1n) is 9.43. The van der Waals surface area contributed by atoms with Gasteiger partial charge in [0.25, 0.3) is 0 Å². The first-order chi connectivity index (χ1) is 13.7. The number of hydrogen-bond acceptors (Lipinski definition) is 4. The summed E-state index contributed by atoms with van der Waals surface area (Å²) < 4.78 is 5.12. The van der Waals surface area contributed by atoms with E-state index >= 15 is 0 Å². The molecule has 0 radical (unpaired) electrons. The van der Waals surface area contributed by atoms with E-state index in [0.717, 1.165) is 28.1 Å². The van der Waals surface area contributed by atoms with E-state index in [4.69, 9.17) is 16.3 Å². The summed E-state index contributed by atoms with van der Waals surface area (Å²) in [7, 11) is 3.67. The third-order valence-electron chi connectivity index (χ3n) is 5.25. The number of likely N-dealkylation sites (N-methyl/N-ethyl adjacent to an activating group) is 1. The van der Waals surface area contributed by atoms with Crippen LogP contribution < -0.4 is 15.1 Å². The molecule has 0 saturated carbocycles. The summed E-state index contributed by atoms with van der Waals surface area (Å²) in [6.45, 7) is 6.43. The predicted octanol–water partition coefficient (Wildman–Crippen LogP) is 4.67. The van der Waals surface area contributed by atoms with Crippen molar-refractivity contribution < 1.29 is 9.53 Å². The minimum Gasteiger partial charge on any atom is -0.497 e. The fourth-order valence-corrected chi connectivity index (χ4v) is 3.64. The van der Waals surface area contributed by atoms with Gasteiger partial charge in [-0.3, -0.25) is 4.79 Å². The number of carbonyl (C=O) groups excluding carboxylic acids is 1. The lowest BCUT2D eigenvalue weighted by atomic mass is 9.88. The van der Waals surface area contributed by atoms with E-state index in [1.807, 2.05) is 36.4 Å². The highest BCUT2D eigenvalue weighted by molar-refractivity contribution is 6.33. The Labute approximate surface area is 177 Å². The first kappa shape index (κ1) is 20.9. The van der Waals surface area contributed by atoms with Crippen molar-refractivity contribution >= 4 is 35.0 Å². The molecule has 6 heteroatoms. The van der Waals surface area contributed by atoms with Gasteiger partial charge in [0.2, 0.25) is 5.91 Å². The first-order valence-corrected chi connectivity index (χ1v) is 9.81. The van der Waals surface area contributed by atoms with Gasteiger partial charge in [-0.2, -0.15) is 5.10 Å². The molecule has 2 aromatic carbocycles. The Morgan fingerprint density at radius 1 is 1.28 bits per heavy atom. The molecule has 3 rings (SSSR count). The molecule has 0 aliphatic carbocycles. The molecule has 1 heterocycles. The van der Waals surface area contributed by atoms with Crippen LogP contribution in [0.15, 0.2) is 47.6 Å². The van der Waals surface area contributed by atoms with Crippen molar-refractivity contribution in [2.45, 2.75) is 32.7 Å². The number of halogens is 1. The number of allylic oxidation sites excluding steroid dienone is 1. The quantitative estimate of drug-likeness (QED) is 0.574. The van der Waals surface area contributed by atoms with Crippen LogP contribution >= 0.6 is 11.6 Å². The van der Waals surface area contributed by atoms with Gasteiger partial charge in [-0.1, -0.05) is 29.8 Å². The second-order valence-corrected chi connectivity index (χ2v) is 8.16. The molecular weight excluding hydrogens is 386 g/mol. The number of nitrogens with zero attached hydrogens (tertiary/aromatic N) is 2. The zero-order chi connectivity index (χ0) is 21.2. The summed E-state index contributed by atoms with van der Waals surface area (Å²) in [5, 5.41) is 4.68. The third-order valence-corrected chi connectivity index (χ3v) is 5.58. The third kappa shape index (κ3) is 4.62. The average molecular weight is 412 g/mol. The van der Waals surface area contributed by atoms with Crippen molar-refractivity contribution in [1.29, 1.82) is 0 Å². The van der Waals surface area contributed by atoms with Crippen LogP contribution in [0.25, 0.3) is 5.57 Å². The minimum absolute atomic E-state index is 0.0779. The number of rotatable bonds is 5. The van der Waals surface area contributed by atoms with Gasteiger partial charge in [0, 0.05) is 23.9 Å². The normalized spacial score (nSPS) is 15.1. The van der Waals surface area contributed by atoms with Gasteiger partial charge < -0.3 is 9.64 Å².